The Hall–Kier alpha value is -3.60. The number of rotatable bonds is 8. The standard InChI is InChI=1S/C23H27N3O5/c1-6-30-23(29)21-16(4)20(17(5)25-21)22(28)31-13-19(27)26(9-7-8-24)18-11-14(2)10-15(3)12-18/h10-12,25H,6-7,9,13H2,1-5H3. The van der Waals surface area contributed by atoms with Gasteiger partial charge in [0.15, 0.2) is 6.61 Å². The van der Waals surface area contributed by atoms with Gasteiger partial charge in [-0.1, -0.05) is 6.07 Å². The summed E-state index contributed by atoms with van der Waals surface area (Å²) in [7, 11) is 0. The van der Waals surface area contributed by atoms with Crippen LogP contribution in [0.25, 0.3) is 0 Å². The number of nitriles is 1. The van der Waals surface area contributed by atoms with E-state index in [1.807, 2.05) is 38.1 Å². The number of carbonyl (C=O) groups excluding carboxylic acids is 3. The molecule has 0 saturated carbocycles. The molecule has 164 valence electrons. The van der Waals surface area contributed by atoms with Crippen molar-refractivity contribution in [3.8, 4) is 6.07 Å². The van der Waals surface area contributed by atoms with Crippen LogP contribution in [-0.2, 0) is 14.3 Å². The van der Waals surface area contributed by atoms with E-state index >= 15 is 0 Å². The van der Waals surface area contributed by atoms with Crippen molar-refractivity contribution in [1.82, 2.24) is 4.98 Å². The molecule has 0 aliphatic carbocycles. The lowest BCUT2D eigenvalue weighted by Gasteiger charge is -2.22. The average Bonchev–Trinajstić information content (AvgIpc) is 3.00. The second kappa shape index (κ2) is 10.4. The summed E-state index contributed by atoms with van der Waals surface area (Å²) in [6.45, 7) is 8.69. The molecule has 0 saturated heterocycles. The lowest BCUT2D eigenvalue weighted by molar-refractivity contribution is -0.121. The number of nitrogens with zero attached hydrogens (tertiary/aromatic N) is 2. The summed E-state index contributed by atoms with van der Waals surface area (Å²) in [5.74, 6) is -1.71. The summed E-state index contributed by atoms with van der Waals surface area (Å²) >= 11 is 0. The van der Waals surface area contributed by atoms with E-state index in [1.54, 1.807) is 20.8 Å². The van der Waals surface area contributed by atoms with Crippen LogP contribution in [0.1, 0.15) is 56.6 Å². The fourth-order valence-electron chi connectivity index (χ4n) is 3.41. The predicted octanol–water partition coefficient (Wildman–Crippen LogP) is 3.53. The van der Waals surface area contributed by atoms with Gasteiger partial charge in [-0.3, -0.25) is 4.79 Å². The van der Waals surface area contributed by atoms with Crippen molar-refractivity contribution in [2.45, 2.75) is 41.0 Å². The minimum absolute atomic E-state index is 0.144. The van der Waals surface area contributed by atoms with E-state index in [2.05, 4.69) is 4.98 Å². The van der Waals surface area contributed by atoms with Gasteiger partial charge in [-0.05, 0) is 63.4 Å². The monoisotopic (exact) mass is 425 g/mol. The van der Waals surface area contributed by atoms with E-state index in [0.717, 1.165) is 11.1 Å². The van der Waals surface area contributed by atoms with Crippen LogP contribution in [0.5, 0.6) is 0 Å². The van der Waals surface area contributed by atoms with Crippen LogP contribution in [0.2, 0.25) is 0 Å². The predicted molar refractivity (Wildman–Crippen MR) is 115 cm³/mol. The van der Waals surface area contributed by atoms with E-state index in [1.165, 1.54) is 4.90 Å². The fraction of sp³-hybridized carbons (Fsp3) is 0.391. The molecule has 1 N–H and O–H groups in total. The van der Waals surface area contributed by atoms with Crippen LogP contribution in [0, 0.1) is 39.0 Å². The third-order valence-corrected chi connectivity index (χ3v) is 4.71. The zero-order valence-corrected chi connectivity index (χ0v) is 18.5. The molecule has 1 amide bonds. The van der Waals surface area contributed by atoms with Gasteiger partial charge in [-0.25, -0.2) is 9.59 Å². The maximum absolute atomic E-state index is 12.8. The van der Waals surface area contributed by atoms with Gasteiger partial charge in [-0.15, -0.1) is 0 Å². The lowest BCUT2D eigenvalue weighted by atomic mass is 10.1. The van der Waals surface area contributed by atoms with Crippen molar-refractivity contribution < 1.29 is 23.9 Å². The molecule has 1 aromatic carbocycles. The third kappa shape index (κ3) is 5.72. The zero-order valence-electron chi connectivity index (χ0n) is 18.5. The van der Waals surface area contributed by atoms with Crippen LogP contribution in [0.3, 0.4) is 0 Å². The van der Waals surface area contributed by atoms with Crippen LogP contribution < -0.4 is 4.90 Å². The maximum Gasteiger partial charge on any atom is 0.355 e. The summed E-state index contributed by atoms with van der Waals surface area (Å²) in [6, 6.07) is 7.70. The third-order valence-electron chi connectivity index (χ3n) is 4.71. The Morgan fingerprint density at radius 1 is 1.03 bits per heavy atom. The molecule has 2 aromatic rings. The molecule has 8 nitrogen and oxygen atoms in total. The highest BCUT2D eigenvalue weighted by molar-refractivity contribution is 6.00. The van der Waals surface area contributed by atoms with E-state index in [4.69, 9.17) is 14.7 Å². The molecule has 0 spiro atoms. The average molecular weight is 425 g/mol. The minimum Gasteiger partial charge on any atom is -0.461 e. The van der Waals surface area contributed by atoms with Crippen molar-refractivity contribution in [1.29, 1.82) is 5.26 Å². The highest BCUT2D eigenvalue weighted by atomic mass is 16.5. The number of esters is 2. The van der Waals surface area contributed by atoms with Crippen molar-refractivity contribution in [2.24, 2.45) is 0 Å². The highest BCUT2D eigenvalue weighted by Crippen LogP contribution is 2.22. The Bertz CT molecular complexity index is 1010. The molecule has 0 unspecified atom stereocenters. The number of H-pyrrole nitrogens is 1. The first-order valence-corrected chi connectivity index (χ1v) is 9.98. The van der Waals surface area contributed by atoms with E-state index in [9.17, 15) is 14.4 Å². The molecular weight excluding hydrogens is 398 g/mol. The second-order valence-corrected chi connectivity index (χ2v) is 7.22. The molecule has 0 bridgehead atoms. The number of carbonyl (C=O) groups is 3. The number of ether oxygens (including phenoxy) is 2. The quantitative estimate of drug-likeness (QED) is 0.648. The van der Waals surface area contributed by atoms with Gasteiger partial charge >= 0.3 is 11.9 Å². The summed E-state index contributed by atoms with van der Waals surface area (Å²) in [4.78, 5) is 41.8. The van der Waals surface area contributed by atoms with Gasteiger partial charge in [0.1, 0.15) is 5.69 Å². The van der Waals surface area contributed by atoms with Crippen molar-refractivity contribution in [2.75, 3.05) is 24.7 Å². The van der Waals surface area contributed by atoms with Crippen molar-refractivity contribution in [3.63, 3.8) is 0 Å². The largest absolute Gasteiger partial charge is 0.461 e. The molecule has 2 rings (SSSR count). The molecule has 1 heterocycles. The van der Waals surface area contributed by atoms with Crippen LogP contribution >= 0.6 is 0 Å². The van der Waals surface area contributed by atoms with Crippen LogP contribution in [-0.4, -0.2) is 42.6 Å². The van der Waals surface area contributed by atoms with Crippen LogP contribution in [0.4, 0.5) is 5.69 Å². The Kier molecular flexibility index (Phi) is 7.97. The smallest absolute Gasteiger partial charge is 0.355 e. The fourth-order valence-corrected chi connectivity index (χ4v) is 3.41. The van der Waals surface area contributed by atoms with Gasteiger partial charge in [0.2, 0.25) is 0 Å². The lowest BCUT2D eigenvalue weighted by Crippen LogP contribution is -2.35. The number of amides is 1. The number of benzene rings is 1. The van der Waals surface area contributed by atoms with Crippen molar-refractivity contribution in [3.05, 3.63) is 51.8 Å². The van der Waals surface area contributed by atoms with E-state index < -0.39 is 24.5 Å². The van der Waals surface area contributed by atoms with Gasteiger partial charge in [-0.2, -0.15) is 5.26 Å². The highest BCUT2D eigenvalue weighted by Gasteiger charge is 2.25. The number of nitrogens with one attached hydrogen (secondary N) is 1. The molecule has 1 aromatic heterocycles. The Balaban J connectivity index is 2.18. The second-order valence-electron chi connectivity index (χ2n) is 7.22. The Morgan fingerprint density at radius 2 is 1.68 bits per heavy atom. The number of aromatic amines is 1. The number of aromatic nitrogens is 1. The van der Waals surface area contributed by atoms with Crippen LogP contribution in [0.15, 0.2) is 18.2 Å². The maximum atomic E-state index is 12.8. The summed E-state index contributed by atoms with van der Waals surface area (Å²) in [6.07, 6.45) is 0.144. The summed E-state index contributed by atoms with van der Waals surface area (Å²) < 4.78 is 10.2. The molecule has 0 atom stereocenters. The van der Waals surface area contributed by atoms with Gasteiger partial charge in [0.25, 0.3) is 5.91 Å². The molecule has 0 radical (unpaired) electrons. The Morgan fingerprint density at radius 3 is 2.26 bits per heavy atom. The van der Waals surface area contributed by atoms with Gasteiger partial charge < -0.3 is 19.4 Å². The molecular formula is C23H27N3O5. The summed E-state index contributed by atoms with van der Waals surface area (Å²) in [5, 5.41) is 8.95. The Labute approximate surface area is 181 Å². The van der Waals surface area contributed by atoms with Gasteiger partial charge in [0, 0.05) is 17.9 Å². The van der Waals surface area contributed by atoms with Gasteiger partial charge in [0.05, 0.1) is 24.7 Å². The van der Waals surface area contributed by atoms with Crippen molar-refractivity contribution >= 4 is 23.5 Å². The number of anilines is 1. The minimum atomic E-state index is -0.712. The number of aryl methyl sites for hydroxylation is 3. The number of hydrogen-bond acceptors (Lipinski definition) is 6. The normalized spacial score (nSPS) is 10.3. The first kappa shape index (κ1) is 23.7. The zero-order chi connectivity index (χ0) is 23.1. The molecule has 8 heteroatoms. The molecule has 31 heavy (non-hydrogen) atoms. The topological polar surface area (TPSA) is 112 Å². The molecule has 0 aliphatic rings. The molecule has 0 fully saturated rings. The molecule has 0 aliphatic heterocycles. The SMILES string of the molecule is CCOC(=O)c1[nH]c(C)c(C(=O)OCC(=O)N(CCC#N)c2cc(C)cc(C)c2)c1C. The first-order valence-electron chi connectivity index (χ1n) is 9.98. The van der Waals surface area contributed by atoms with E-state index in [-0.39, 0.29) is 30.8 Å². The summed E-state index contributed by atoms with van der Waals surface area (Å²) in [5.41, 5.74) is 3.85. The van der Waals surface area contributed by atoms with E-state index in [0.29, 0.717) is 16.9 Å². The number of hydrogen-bond donors (Lipinski definition) is 1. The first-order chi connectivity index (χ1) is 14.7.